The van der Waals surface area contributed by atoms with E-state index >= 15 is 0 Å². The van der Waals surface area contributed by atoms with Gasteiger partial charge in [0.15, 0.2) is 0 Å². The zero-order valence-electron chi connectivity index (χ0n) is 20.7. The summed E-state index contributed by atoms with van der Waals surface area (Å²) in [4.78, 5) is 19.6. The molecule has 4 aromatic rings. The van der Waals surface area contributed by atoms with Crippen LogP contribution in [0, 0.1) is 5.82 Å². The summed E-state index contributed by atoms with van der Waals surface area (Å²) in [5, 5.41) is 0.688. The number of furan rings is 1. The molecule has 1 unspecified atom stereocenters. The molecule has 0 bridgehead atoms. The number of benzene rings is 2. The van der Waals surface area contributed by atoms with Crippen molar-refractivity contribution in [1.29, 1.82) is 0 Å². The quantitative estimate of drug-likeness (QED) is 0.298. The summed E-state index contributed by atoms with van der Waals surface area (Å²) >= 11 is 0. The van der Waals surface area contributed by atoms with Gasteiger partial charge in [-0.3, -0.25) is 9.78 Å². The molecule has 38 heavy (non-hydrogen) atoms. The highest BCUT2D eigenvalue weighted by Gasteiger charge is 2.33. The molecule has 2 aromatic heterocycles. The molecule has 8 nitrogen and oxygen atoms in total. The van der Waals surface area contributed by atoms with Gasteiger partial charge in [0.1, 0.15) is 16.5 Å². The first kappa shape index (κ1) is 26.0. The number of hydrogen-bond donors (Lipinski definition) is 0. The van der Waals surface area contributed by atoms with Gasteiger partial charge in [-0.05, 0) is 54.8 Å². The summed E-state index contributed by atoms with van der Waals surface area (Å²) in [6.45, 7) is 0.490. The Balaban J connectivity index is 1.46. The van der Waals surface area contributed by atoms with Gasteiger partial charge in [0.2, 0.25) is 15.9 Å². The van der Waals surface area contributed by atoms with Crippen LogP contribution in [0.5, 0.6) is 0 Å². The molecule has 1 aliphatic heterocycles. The minimum Gasteiger partial charge on any atom is -0.467 e. The van der Waals surface area contributed by atoms with Crippen LogP contribution in [-0.2, 0) is 32.6 Å². The zero-order valence-corrected chi connectivity index (χ0v) is 21.5. The minimum absolute atomic E-state index is 0.0394. The van der Waals surface area contributed by atoms with Crippen LogP contribution in [0.1, 0.15) is 24.2 Å². The van der Waals surface area contributed by atoms with Gasteiger partial charge in [-0.15, -0.1) is 0 Å². The highest BCUT2D eigenvalue weighted by atomic mass is 32.2. The average molecular weight is 538 g/mol. The molecule has 198 valence electrons. The van der Waals surface area contributed by atoms with E-state index in [1.165, 1.54) is 33.7 Å². The van der Waals surface area contributed by atoms with E-state index in [0.29, 0.717) is 35.3 Å². The number of ether oxygens (including phenoxy) is 1. The molecule has 0 radical (unpaired) electrons. The molecule has 0 spiro atoms. The maximum absolute atomic E-state index is 14.0. The van der Waals surface area contributed by atoms with E-state index in [0.717, 1.165) is 6.42 Å². The van der Waals surface area contributed by atoms with Crippen molar-refractivity contribution < 1.29 is 26.8 Å². The van der Waals surface area contributed by atoms with E-state index in [2.05, 4.69) is 4.98 Å². The smallest absolute Gasteiger partial charge is 0.245 e. The maximum atomic E-state index is 14.0. The number of carbonyl (C=O) groups is 1. The molecule has 5 rings (SSSR count). The topological polar surface area (TPSA) is 92.9 Å². The second-order valence-corrected chi connectivity index (χ2v) is 11.1. The van der Waals surface area contributed by atoms with E-state index in [1.54, 1.807) is 54.7 Å². The van der Waals surface area contributed by atoms with Crippen LogP contribution in [0.3, 0.4) is 0 Å². The normalized spacial score (nSPS) is 15.8. The Bertz CT molecular complexity index is 1480. The highest BCUT2D eigenvalue weighted by molar-refractivity contribution is 7.89. The van der Waals surface area contributed by atoms with Crippen molar-refractivity contribution in [3.05, 3.63) is 96.3 Å². The number of halogens is 1. The van der Waals surface area contributed by atoms with Crippen LogP contribution in [-0.4, -0.2) is 54.3 Å². The van der Waals surface area contributed by atoms with Crippen LogP contribution in [0.15, 0.2) is 88.5 Å². The van der Waals surface area contributed by atoms with Crippen molar-refractivity contribution in [1.82, 2.24) is 14.2 Å². The second kappa shape index (κ2) is 11.4. The van der Waals surface area contributed by atoms with E-state index in [-0.39, 0.29) is 36.5 Å². The van der Waals surface area contributed by atoms with Crippen LogP contribution in [0.2, 0.25) is 0 Å². The van der Waals surface area contributed by atoms with Gasteiger partial charge in [0, 0.05) is 31.3 Å². The third-order valence-electron chi connectivity index (χ3n) is 6.52. The Morgan fingerprint density at radius 1 is 1.03 bits per heavy atom. The van der Waals surface area contributed by atoms with Crippen molar-refractivity contribution >= 4 is 26.8 Å². The van der Waals surface area contributed by atoms with E-state index in [4.69, 9.17) is 9.15 Å². The standard InChI is InChI=1S/C28H28FN3O5S/c29-23-12-10-21(11-13-23)17-31(18-24-7-3-15-36-24)27(33)20-32(19-25-8-4-16-37-25)38(34,35)26-9-1-5-22-6-2-14-30-28(22)26/h1-3,5-7,9-15,25H,4,8,16-20H2. The highest BCUT2D eigenvalue weighted by Crippen LogP contribution is 2.26. The van der Waals surface area contributed by atoms with Crippen molar-refractivity contribution in [2.45, 2.75) is 36.9 Å². The third kappa shape index (κ3) is 5.93. The number of nitrogens with zero attached hydrogens (tertiary/aromatic N) is 3. The Morgan fingerprint density at radius 3 is 2.58 bits per heavy atom. The van der Waals surface area contributed by atoms with Crippen LogP contribution in [0.25, 0.3) is 10.9 Å². The first-order chi connectivity index (χ1) is 18.4. The predicted molar refractivity (Wildman–Crippen MR) is 139 cm³/mol. The molecule has 10 heteroatoms. The van der Waals surface area contributed by atoms with Crippen LogP contribution >= 0.6 is 0 Å². The fourth-order valence-electron chi connectivity index (χ4n) is 4.57. The molecule has 3 heterocycles. The van der Waals surface area contributed by atoms with Gasteiger partial charge < -0.3 is 14.1 Å². The third-order valence-corrected chi connectivity index (χ3v) is 8.37. The SMILES string of the molecule is O=C(CN(CC1CCCO1)S(=O)(=O)c1cccc2cccnc12)N(Cc1ccc(F)cc1)Cc1ccco1. The number of amides is 1. The van der Waals surface area contributed by atoms with Gasteiger partial charge >= 0.3 is 0 Å². The molecular weight excluding hydrogens is 509 g/mol. The molecule has 2 aromatic carbocycles. The van der Waals surface area contributed by atoms with Gasteiger partial charge in [0.05, 0.1) is 31.0 Å². The maximum Gasteiger partial charge on any atom is 0.245 e. The van der Waals surface area contributed by atoms with Gasteiger partial charge in [-0.2, -0.15) is 4.31 Å². The number of aromatic nitrogens is 1. The predicted octanol–water partition coefficient (Wildman–Crippen LogP) is 4.37. The summed E-state index contributed by atoms with van der Waals surface area (Å²) in [7, 11) is -4.11. The minimum atomic E-state index is -4.11. The first-order valence-electron chi connectivity index (χ1n) is 12.4. The van der Waals surface area contributed by atoms with Gasteiger partial charge in [0.25, 0.3) is 0 Å². The number of rotatable bonds is 10. The molecule has 1 amide bonds. The van der Waals surface area contributed by atoms with Crippen molar-refractivity contribution in [2.24, 2.45) is 0 Å². The summed E-state index contributed by atoms with van der Waals surface area (Å²) in [5.74, 6) is -0.247. The lowest BCUT2D eigenvalue weighted by atomic mass is 10.2. The summed E-state index contributed by atoms with van der Waals surface area (Å²) in [5.41, 5.74) is 1.05. The van der Waals surface area contributed by atoms with Crippen molar-refractivity contribution in [3.63, 3.8) is 0 Å². The number of hydrogen-bond acceptors (Lipinski definition) is 6. The number of carbonyl (C=O) groups excluding carboxylic acids is 1. The fourth-order valence-corrected chi connectivity index (χ4v) is 6.16. The molecule has 0 N–H and O–H groups in total. The molecule has 1 fully saturated rings. The Kier molecular flexibility index (Phi) is 7.82. The van der Waals surface area contributed by atoms with Crippen molar-refractivity contribution in [2.75, 3.05) is 19.7 Å². The zero-order chi connectivity index (χ0) is 26.5. The summed E-state index contributed by atoms with van der Waals surface area (Å²) in [6, 6.07) is 17.8. The Labute approximate surface area is 220 Å². The molecular formula is C28H28FN3O5S. The summed E-state index contributed by atoms with van der Waals surface area (Å²) in [6.07, 6.45) is 4.29. The lowest BCUT2D eigenvalue weighted by Crippen LogP contribution is -2.45. The Hall–Kier alpha value is -3.60. The molecule has 0 aliphatic carbocycles. The number of para-hydroxylation sites is 1. The summed E-state index contributed by atoms with van der Waals surface area (Å²) < 4.78 is 53.9. The second-order valence-electron chi connectivity index (χ2n) is 9.22. The fraction of sp³-hybridized carbons (Fsp3) is 0.286. The van der Waals surface area contributed by atoms with Gasteiger partial charge in [-0.25, -0.2) is 12.8 Å². The van der Waals surface area contributed by atoms with E-state index in [9.17, 15) is 17.6 Å². The Morgan fingerprint density at radius 2 is 1.84 bits per heavy atom. The molecule has 1 aliphatic rings. The van der Waals surface area contributed by atoms with E-state index in [1.807, 2.05) is 0 Å². The lowest BCUT2D eigenvalue weighted by molar-refractivity contribution is -0.133. The lowest BCUT2D eigenvalue weighted by Gasteiger charge is -2.28. The molecule has 1 saturated heterocycles. The van der Waals surface area contributed by atoms with Crippen molar-refractivity contribution in [3.8, 4) is 0 Å². The molecule has 0 saturated carbocycles. The average Bonchev–Trinajstić information content (AvgIpc) is 3.63. The van der Waals surface area contributed by atoms with Crippen LogP contribution in [0.4, 0.5) is 4.39 Å². The van der Waals surface area contributed by atoms with E-state index < -0.39 is 22.5 Å². The number of fused-ring (bicyclic) bond motifs is 1. The first-order valence-corrected chi connectivity index (χ1v) is 13.8. The van der Waals surface area contributed by atoms with Gasteiger partial charge in [-0.1, -0.05) is 30.3 Å². The number of pyridine rings is 1. The largest absolute Gasteiger partial charge is 0.467 e. The van der Waals surface area contributed by atoms with Crippen LogP contribution < -0.4 is 0 Å². The number of sulfonamides is 1. The monoisotopic (exact) mass is 537 g/mol. The molecule has 1 atom stereocenters.